The third-order valence-electron chi connectivity index (χ3n) is 5.18. The molecule has 0 saturated carbocycles. The minimum atomic E-state index is -0.294. The van der Waals surface area contributed by atoms with E-state index in [1.807, 2.05) is 59.5 Å². The molecule has 4 rings (SSSR count). The van der Waals surface area contributed by atoms with Crippen LogP contribution in [0.25, 0.3) is 0 Å². The van der Waals surface area contributed by atoms with Crippen LogP contribution < -0.4 is 5.32 Å². The number of piperazine rings is 1. The highest BCUT2D eigenvalue weighted by molar-refractivity contribution is 7.99. The van der Waals surface area contributed by atoms with E-state index in [9.17, 15) is 9.59 Å². The molecule has 2 saturated heterocycles. The zero-order chi connectivity index (χ0) is 20.1. The Labute approximate surface area is 175 Å². The van der Waals surface area contributed by atoms with Crippen molar-refractivity contribution in [1.82, 2.24) is 9.80 Å². The first-order valence-corrected chi connectivity index (χ1v) is 10.8. The highest BCUT2D eigenvalue weighted by atomic mass is 32.2. The van der Waals surface area contributed by atoms with Crippen LogP contribution in [0.3, 0.4) is 0 Å². The van der Waals surface area contributed by atoms with Gasteiger partial charge in [0.1, 0.15) is 6.10 Å². The molecule has 0 spiro atoms. The maximum Gasteiger partial charge on any atom is 0.321 e. The predicted octanol–water partition coefficient (Wildman–Crippen LogP) is 3.69. The Bertz CT molecular complexity index is 847. The Balaban J connectivity index is 1.34. The van der Waals surface area contributed by atoms with Crippen LogP contribution in [0, 0.1) is 0 Å². The second-order valence-electron chi connectivity index (χ2n) is 7.16. The average molecular weight is 412 g/mol. The number of carbonyl (C=O) groups is 2. The fourth-order valence-electron chi connectivity index (χ4n) is 3.57. The van der Waals surface area contributed by atoms with E-state index in [-0.39, 0.29) is 18.0 Å². The van der Waals surface area contributed by atoms with Crippen LogP contribution in [-0.2, 0) is 9.53 Å². The van der Waals surface area contributed by atoms with Crippen LogP contribution in [0.2, 0.25) is 0 Å². The fraction of sp³-hybridized carbons (Fsp3) is 0.364. The Morgan fingerprint density at radius 3 is 2.34 bits per heavy atom. The lowest BCUT2D eigenvalue weighted by Crippen LogP contribution is -2.53. The summed E-state index contributed by atoms with van der Waals surface area (Å²) in [6, 6.07) is 17.8. The van der Waals surface area contributed by atoms with Crippen molar-refractivity contribution < 1.29 is 14.3 Å². The molecule has 0 radical (unpaired) electrons. The molecule has 29 heavy (non-hydrogen) atoms. The molecule has 2 aliphatic heterocycles. The molecule has 152 valence electrons. The quantitative estimate of drug-likeness (QED) is 0.834. The van der Waals surface area contributed by atoms with Gasteiger partial charge in [-0.1, -0.05) is 42.1 Å². The van der Waals surface area contributed by atoms with Crippen molar-refractivity contribution >= 4 is 29.4 Å². The van der Waals surface area contributed by atoms with Gasteiger partial charge in [-0.15, -0.1) is 0 Å². The first kappa shape index (κ1) is 19.8. The summed E-state index contributed by atoms with van der Waals surface area (Å²) in [4.78, 5) is 31.0. The largest absolute Gasteiger partial charge is 0.368 e. The summed E-state index contributed by atoms with van der Waals surface area (Å²) >= 11 is 1.62. The molecule has 1 unspecified atom stereocenters. The molecule has 6 nitrogen and oxygen atoms in total. The topological polar surface area (TPSA) is 61.9 Å². The van der Waals surface area contributed by atoms with E-state index in [0.717, 1.165) is 28.3 Å². The number of hydrogen-bond donors (Lipinski definition) is 1. The molecular weight excluding hydrogens is 386 g/mol. The summed E-state index contributed by atoms with van der Waals surface area (Å²) in [7, 11) is 0. The first-order chi connectivity index (χ1) is 14.2. The van der Waals surface area contributed by atoms with Crippen LogP contribution in [0.4, 0.5) is 10.5 Å². The highest BCUT2D eigenvalue weighted by Crippen LogP contribution is 2.33. The molecule has 2 aromatic carbocycles. The zero-order valence-electron chi connectivity index (χ0n) is 16.3. The van der Waals surface area contributed by atoms with Crippen LogP contribution in [-0.4, -0.2) is 60.6 Å². The normalized spacial score (nSPS) is 19.2. The number of amides is 3. The number of nitrogens with one attached hydrogen (secondary N) is 1. The number of hydrogen-bond acceptors (Lipinski definition) is 4. The van der Waals surface area contributed by atoms with E-state index in [1.165, 1.54) is 0 Å². The van der Waals surface area contributed by atoms with E-state index in [1.54, 1.807) is 16.7 Å². The van der Waals surface area contributed by atoms with Crippen molar-refractivity contribution in [3.8, 4) is 0 Å². The zero-order valence-corrected chi connectivity index (χ0v) is 17.1. The van der Waals surface area contributed by atoms with Gasteiger partial charge in [-0.25, -0.2) is 4.79 Å². The van der Waals surface area contributed by atoms with E-state index in [4.69, 9.17) is 4.74 Å². The molecule has 0 bridgehead atoms. The Kier molecular flexibility index (Phi) is 6.36. The van der Waals surface area contributed by atoms with Gasteiger partial charge < -0.3 is 19.9 Å². The number of para-hydroxylation sites is 1. The lowest BCUT2D eigenvalue weighted by Gasteiger charge is -2.35. The SMILES string of the molecule is O=C(Nc1ccccc1Sc1ccccc1)N1CCN(C(=O)C2CCCO2)CC1. The van der Waals surface area contributed by atoms with Gasteiger partial charge in [-0.3, -0.25) is 4.79 Å². The fourth-order valence-corrected chi connectivity index (χ4v) is 4.50. The molecule has 2 aromatic rings. The third kappa shape index (κ3) is 4.92. The van der Waals surface area contributed by atoms with Gasteiger partial charge in [0, 0.05) is 42.6 Å². The summed E-state index contributed by atoms with van der Waals surface area (Å²) in [5, 5.41) is 3.04. The monoisotopic (exact) mass is 411 g/mol. The van der Waals surface area contributed by atoms with Gasteiger partial charge in [0.05, 0.1) is 5.69 Å². The van der Waals surface area contributed by atoms with Gasteiger partial charge >= 0.3 is 6.03 Å². The van der Waals surface area contributed by atoms with Crippen molar-refractivity contribution in [2.45, 2.75) is 28.7 Å². The molecule has 2 fully saturated rings. The van der Waals surface area contributed by atoms with Gasteiger partial charge in [0.25, 0.3) is 5.91 Å². The molecule has 1 N–H and O–H groups in total. The van der Waals surface area contributed by atoms with Gasteiger partial charge in [-0.2, -0.15) is 0 Å². The predicted molar refractivity (Wildman–Crippen MR) is 113 cm³/mol. The minimum Gasteiger partial charge on any atom is -0.368 e. The van der Waals surface area contributed by atoms with Crippen molar-refractivity contribution in [2.24, 2.45) is 0 Å². The van der Waals surface area contributed by atoms with Crippen molar-refractivity contribution in [3.63, 3.8) is 0 Å². The minimum absolute atomic E-state index is 0.0622. The standard InChI is InChI=1S/C22H25N3O3S/c26-21(19-10-6-16-28-19)24-12-14-25(15-13-24)22(27)23-18-9-4-5-11-20(18)29-17-7-2-1-3-8-17/h1-5,7-9,11,19H,6,10,12-16H2,(H,23,27). The summed E-state index contributed by atoms with van der Waals surface area (Å²) in [5.41, 5.74) is 0.796. The number of urea groups is 1. The highest BCUT2D eigenvalue weighted by Gasteiger charge is 2.31. The lowest BCUT2D eigenvalue weighted by atomic mass is 10.2. The van der Waals surface area contributed by atoms with Gasteiger partial charge in [0.2, 0.25) is 0 Å². The molecule has 0 aliphatic carbocycles. The Morgan fingerprint density at radius 1 is 0.931 bits per heavy atom. The molecule has 2 heterocycles. The number of rotatable bonds is 4. The third-order valence-corrected chi connectivity index (χ3v) is 6.27. The van der Waals surface area contributed by atoms with E-state index >= 15 is 0 Å². The van der Waals surface area contributed by atoms with Crippen molar-refractivity contribution in [2.75, 3.05) is 38.1 Å². The number of anilines is 1. The van der Waals surface area contributed by atoms with E-state index < -0.39 is 0 Å². The summed E-state index contributed by atoms with van der Waals surface area (Å²) in [6.45, 7) is 2.81. The Hall–Kier alpha value is -2.51. The summed E-state index contributed by atoms with van der Waals surface area (Å²) in [6.07, 6.45) is 1.45. The second-order valence-corrected chi connectivity index (χ2v) is 8.27. The van der Waals surface area contributed by atoms with Crippen molar-refractivity contribution in [3.05, 3.63) is 54.6 Å². The maximum absolute atomic E-state index is 12.8. The number of carbonyl (C=O) groups excluding carboxylic acids is 2. The molecule has 7 heteroatoms. The number of benzene rings is 2. The van der Waals surface area contributed by atoms with Gasteiger partial charge in [0.15, 0.2) is 0 Å². The molecule has 0 aromatic heterocycles. The van der Waals surface area contributed by atoms with Crippen LogP contribution in [0.15, 0.2) is 64.4 Å². The summed E-state index contributed by atoms with van der Waals surface area (Å²) in [5.74, 6) is 0.0622. The van der Waals surface area contributed by atoms with Crippen molar-refractivity contribution in [1.29, 1.82) is 0 Å². The van der Waals surface area contributed by atoms with Crippen LogP contribution in [0.1, 0.15) is 12.8 Å². The molecule has 2 aliphatic rings. The molecular formula is C22H25N3O3S. The first-order valence-electron chi connectivity index (χ1n) is 9.99. The van der Waals surface area contributed by atoms with E-state index in [2.05, 4.69) is 5.32 Å². The van der Waals surface area contributed by atoms with E-state index in [0.29, 0.717) is 32.8 Å². The molecule has 1 atom stereocenters. The summed E-state index contributed by atoms with van der Waals surface area (Å²) < 4.78 is 5.50. The Morgan fingerprint density at radius 2 is 1.62 bits per heavy atom. The lowest BCUT2D eigenvalue weighted by molar-refractivity contribution is -0.142. The molecule has 3 amide bonds. The van der Waals surface area contributed by atoms with Crippen LogP contribution >= 0.6 is 11.8 Å². The number of nitrogens with zero attached hydrogens (tertiary/aromatic N) is 2. The number of ether oxygens (including phenoxy) is 1. The average Bonchev–Trinajstić information content (AvgIpc) is 3.30. The maximum atomic E-state index is 12.8. The smallest absolute Gasteiger partial charge is 0.321 e. The second kappa shape index (κ2) is 9.33. The van der Waals surface area contributed by atoms with Gasteiger partial charge in [-0.05, 0) is 37.1 Å². The van der Waals surface area contributed by atoms with Crippen LogP contribution in [0.5, 0.6) is 0 Å².